The van der Waals surface area contributed by atoms with Crippen LogP contribution in [-0.4, -0.2) is 29.2 Å². The molecule has 0 unspecified atom stereocenters. The van der Waals surface area contributed by atoms with Gasteiger partial charge in [0.2, 0.25) is 0 Å². The number of halogens is 2. The SMILES string of the molecule is Nc1ncc(C2CCC(N)CC2)c2c1c(-c1ccc(CS(=O)(=O)c3ccccc3Cl)c(F)c1)nn2C1CC1. The first-order valence-corrected chi connectivity index (χ1v) is 14.9. The molecule has 0 aliphatic heterocycles. The molecule has 6 rings (SSSR count). The average molecular weight is 554 g/mol. The highest BCUT2D eigenvalue weighted by Crippen LogP contribution is 2.45. The molecule has 2 aromatic heterocycles. The minimum atomic E-state index is -3.84. The fourth-order valence-electron chi connectivity index (χ4n) is 5.52. The van der Waals surface area contributed by atoms with E-state index in [-0.39, 0.29) is 27.6 Å². The molecule has 2 aromatic carbocycles. The van der Waals surface area contributed by atoms with Crippen molar-refractivity contribution in [2.75, 3.05) is 5.73 Å². The van der Waals surface area contributed by atoms with Crippen LogP contribution in [-0.2, 0) is 15.6 Å². The molecule has 2 fully saturated rings. The number of pyridine rings is 1. The molecule has 0 radical (unpaired) electrons. The Morgan fingerprint density at radius 3 is 2.47 bits per heavy atom. The smallest absolute Gasteiger partial charge is 0.184 e. The molecule has 0 spiro atoms. The first kappa shape index (κ1) is 25.3. The van der Waals surface area contributed by atoms with Gasteiger partial charge in [0.05, 0.1) is 32.6 Å². The van der Waals surface area contributed by atoms with E-state index in [0.717, 1.165) is 55.0 Å². The zero-order valence-electron chi connectivity index (χ0n) is 20.8. The Balaban J connectivity index is 1.41. The van der Waals surface area contributed by atoms with Crippen LogP contribution in [0.25, 0.3) is 22.2 Å². The number of fused-ring (bicyclic) bond motifs is 1. The van der Waals surface area contributed by atoms with Gasteiger partial charge in [-0.05, 0) is 68.2 Å². The van der Waals surface area contributed by atoms with Crippen molar-refractivity contribution in [2.24, 2.45) is 5.73 Å². The summed E-state index contributed by atoms with van der Waals surface area (Å²) in [7, 11) is -3.84. The topological polar surface area (TPSA) is 117 Å². The maximum absolute atomic E-state index is 15.4. The van der Waals surface area contributed by atoms with E-state index in [1.54, 1.807) is 18.2 Å². The maximum Gasteiger partial charge on any atom is 0.184 e. The van der Waals surface area contributed by atoms with Crippen molar-refractivity contribution in [1.29, 1.82) is 0 Å². The number of sulfone groups is 1. The summed E-state index contributed by atoms with van der Waals surface area (Å²) in [5, 5.41) is 5.76. The number of benzene rings is 2. The lowest BCUT2D eigenvalue weighted by Crippen LogP contribution is -2.26. The predicted octanol–water partition coefficient (Wildman–Crippen LogP) is 5.77. The molecule has 7 nitrogen and oxygen atoms in total. The third-order valence-corrected chi connectivity index (χ3v) is 9.89. The molecule has 0 saturated heterocycles. The summed E-state index contributed by atoms with van der Waals surface area (Å²) in [5.74, 6) is -0.459. The standard InChI is InChI=1S/C28H29ClFN5O2S/c29-22-3-1-2-4-24(22)38(36,37)15-18-6-5-17(13-23(18)30)26-25-27(35(34-26)20-11-12-20)21(14-33-28(25)32)16-7-9-19(31)10-8-16/h1-6,13-14,16,19-20H,7-12,15,31H2,(H2,32,33). The molecule has 4 aromatic rings. The second kappa shape index (κ2) is 9.63. The van der Waals surface area contributed by atoms with Gasteiger partial charge in [0, 0.05) is 23.4 Å². The van der Waals surface area contributed by atoms with E-state index >= 15 is 4.39 Å². The van der Waals surface area contributed by atoms with Crippen molar-refractivity contribution >= 4 is 38.2 Å². The number of aromatic nitrogens is 3. The van der Waals surface area contributed by atoms with E-state index in [1.807, 2.05) is 10.9 Å². The molecule has 2 aliphatic rings. The minimum absolute atomic E-state index is 0.0191. The Morgan fingerprint density at radius 2 is 1.79 bits per heavy atom. The van der Waals surface area contributed by atoms with E-state index in [2.05, 4.69) is 4.98 Å². The molecule has 2 aliphatic carbocycles. The van der Waals surface area contributed by atoms with Crippen molar-refractivity contribution in [3.05, 3.63) is 70.6 Å². The Kier molecular flexibility index (Phi) is 6.40. The van der Waals surface area contributed by atoms with Gasteiger partial charge in [0.1, 0.15) is 17.3 Å². The van der Waals surface area contributed by atoms with E-state index in [4.69, 9.17) is 28.2 Å². The summed E-state index contributed by atoms with van der Waals surface area (Å²) >= 11 is 6.09. The Labute approximate surface area is 225 Å². The fraction of sp³-hybridized carbons (Fsp3) is 0.357. The first-order valence-electron chi connectivity index (χ1n) is 12.9. The molecular weight excluding hydrogens is 525 g/mol. The van der Waals surface area contributed by atoms with E-state index in [0.29, 0.717) is 23.0 Å². The Hall–Kier alpha value is -3.01. The highest BCUT2D eigenvalue weighted by atomic mass is 35.5. The van der Waals surface area contributed by atoms with E-state index < -0.39 is 21.4 Å². The van der Waals surface area contributed by atoms with Crippen LogP contribution in [0, 0.1) is 5.82 Å². The molecule has 2 heterocycles. The van der Waals surface area contributed by atoms with Crippen LogP contribution in [0.4, 0.5) is 10.2 Å². The van der Waals surface area contributed by atoms with Gasteiger partial charge in [-0.15, -0.1) is 0 Å². The van der Waals surface area contributed by atoms with Gasteiger partial charge in [-0.3, -0.25) is 4.68 Å². The number of nitrogen functional groups attached to an aromatic ring is 1. The summed E-state index contributed by atoms with van der Waals surface area (Å²) in [4.78, 5) is 4.50. The quantitative estimate of drug-likeness (QED) is 0.313. The van der Waals surface area contributed by atoms with Crippen LogP contribution in [0.2, 0.25) is 5.02 Å². The summed E-state index contributed by atoms with van der Waals surface area (Å²) in [6.45, 7) is 0. The van der Waals surface area contributed by atoms with Crippen molar-refractivity contribution < 1.29 is 12.8 Å². The van der Waals surface area contributed by atoms with Crippen LogP contribution < -0.4 is 11.5 Å². The van der Waals surface area contributed by atoms with Crippen molar-refractivity contribution in [1.82, 2.24) is 14.8 Å². The molecule has 38 heavy (non-hydrogen) atoms. The predicted molar refractivity (Wildman–Crippen MR) is 147 cm³/mol. The Morgan fingerprint density at radius 1 is 1.05 bits per heavy atom. The zero-order valence-corrected chi connectivity index (χ0v) is 22.4. The van der Waals surface area contributed by atoms with Crippen LogP contribution in [0.3, 0.4) is 0 Å². The van der Waals surface area contributed by atoms with Gasteiger partial charge >= 0.3 is 0 Å². The number of anilines is 1. The normalized spacial score (nSPS) is 20.2. The fourth-order valence-corrected chi connectivity index (χ4v) is 7.46. The van der Waals surface area contributed by atoms with Crippen LogP contribution in [0.15, 0.2) is 53.6 Å². The molecule has 198 valence electrons. The highest BCUT2D eigenvalue weighted by Gasteiger charge is 2.32. The monoisotopic (exact) mass is 553 g/mol. The van der Waals surface area contributed by atoms with Gasteiger partial charge in [-0.1, -0.05) is 35.9 Å². The molecule has 0 amide bonds. The molecule has 0 atom stereocenters. The number of nitrogens with two attached hydrogens (primary N) is 2. The lowest BCUT2D eigenvalue weighted by Gasteiger charge is -2.27. The lowest BCUT2D eigenvalue weighted by molar-refractivity contribution is 0.395. The second-order valence-electron chi connectivity index (χ2n) is 10.5. The van der Waals surface area contributed by atoms with Gasteiger partial charge in [-0.2, -0.15) is 5.10 Å². The number of hydrogen-bond acceptors (Lipinski definition) is 6. The van der Waals surface area contributed by atoms with Gasteiger partial charge in [-0.25, -0.2) is 17.8 Å². The average Bonchev–Trinajstić information content (AvgIpc) is 3.66. The maximum atomic E-state index is 15.4. The largest absolute Gasteiger partial charge is 0.383 e. The van der Waals surface area contributed by atoms with Crippen LogP contribution in [0.1, 0.15) is 61.6 Å². The summed E-state index contributed by atoms with van der Waals surface area (Å²) < 4.78 is 43.3. The highest BCUT2D eigenvalue weighted by molar-refractivity contribution is 7.90. The zero-order chi connectivity index (χ0) is 26.6. The summed E-state index contributed by atoms with van der Waals surface area (Å²) in [5.41, 5.74) is 15.8. The second-order valence-corrected chi connectivity index (χ2v) is 12.8. The van der Waals surface area contributed by atoms with Gasteiger partial charge in [0.25, 0.3) is 0 Å². The minimum Gasteiger partial charge on any atom is -0.383 e. The molecule has 10 heteroatoms. The van der Waals surface area contributed by atoms with Crippen LogP contribution in [0.5, 0.6) is 0 Å². The van der Waals surface area contributed by atoms with Crippen LogP contribution >= 0.6 is 11.6 Å². The number of nitrogens with zero attached hydrogens (tertiary/aromatic N) is 3. The van der Waals surface area contributed by atoms with Crippen molar-refractivity contribution in [3.8, 4) is 11.3 Å². The van der Waals surface area contributed by atoms with E-state index in [1.165, 1.54) is 24.3 Å². The summed E-state index contributed by atoms with van der Waals surface area (Å²) in [6, 6.07) is 11.2. The van der Waals surface area contributed by atoms with Crippen molar-refractivity contribution in [3.63, 3.8) is 0 Å². The summed E-state index contributed by atoms with van der Waals surface area (Å²) in [6.07, 6.45) is 7.82. The number of rotatable bonds is 6. The van der Waals surface area contributed by atoms with Gasteiger partial charge in [0.15, 0.2) is 9.84 Å². The Bertz CT molecular complexity index is 1640. The first-order chi connectivity index (χ1) is 18.2. The van der Waals surface area contributed by atoms with Crippen molar-refractivity contribution in [2.45, 2.75) is 67.2 Å². The number of hydrogen-bond donors (Lipinski definition) is 2. The third-order valence-electron chi connectivity index (χ3n) is 7.73. The van der Waals surface area contributed by atoms with Gasteiger partial charge < -0.3 is 11.5 Å². The molecule has 0 bridgehead atoms. The molecule has 2 saturated carbocycles. The molecular formula is C28H29ClFN5O2S. The third kappa shape index (κ3) is 4.57. The molecule has 4 N–H and O–H groups in total. The lowest BCUT2D eigenvalue weighted by atomic mass is 9.82. The van der Waals surface area contributed by atoms with E-state index in [9.17, 15) is 8.42 Å².